The monoisotopic (exact) mass is 348 g/mol. The molecule has 0 aliphatic heterocycles. The van der Waals surface area contributed by atoms with E-state index in [4.69, 9.17) is 0 Å². The number of aryl methyl sites for hydroxylation is 1. The first-order valence-electron chi connectivity index (χ1n) is 5.22. The van der Waals surface area contributed by atoms with E-state index in [2.05, 4.69) is 45.3 Å². The van der Waals surface area contributed by atoms with Gasteiger partial charge in [-0.15, -0.1) is 0 Å². The maximum atomic E-state index is 9.25. The summed E-state index contributed by atoms with van der Waals surface area (Å²) >= 11 is 2.33. The second-order valence-corrected chi connectivity index (χ2v) is 5.96. The van der Waals surface area contributed by atoms with Crippen molar-refractivity contribution >= 4 is 39.3 Å². The van der Waals surface area contributed by atoms with Gasteiger partial charge >= 0.3 is 0 Å². The molecule has 0 amide bonds. The van der Waals surface area contributed by atoms with Crippen LogP contribution in [0.3, 0.4) is 0 Å². The molecule has 2 aromatic rings. The first kappa shape index (κ1) is 12.3. The molecule has 1 N–H and O–H groups in total. The Balaban J connectivity index is 2.24. The van der Waals surface area contributed by atoms with Crippen molar-refractivity contribution in [2.45, 2.75) is 25.9 Å². The van der Waals surface area contributed by atoms with E-state index in [1.165, 1.54) is 16.5 Å². The first-order chi connectivity index (χ1) is 7.70. The Kier molecular flexibility index (Phi) is 4.16. The Labute approximate surface area is 110 Å². The lowest BCUT2D eigenvalue weighted by Gasteiger charge is -2.04. The quantitative estimate of drug-likeness (QED) is 0.681. The molecule has 2 rings (SSSR count). The van der Waals surface area contributed by atoms with E-state index >= 15 is 0 Å². The van der Waals surface area contributed by atoms with Gasteiger partial charge in [0.25, 0.3) is 0 Å². The maximum Gasteiger partial charge on any atom is 0.0729 e. The third-order valence-corrected chi connectivity index (χ3v) is 4.45. The molecule has 86 valence electrons. The van der Waals surface area contributed by atoms with Crippen LogP contribution in [0.5, 0.6) is 0 Å². The molecule has 0 aliphatic carbocycles. The Hall–Kier alpha value is -0.190. The van der Waals surface area contributed by atoms with E-state index in [-0.39, 0.29) is 6.10 Å². The fourth-order valence-corrected chi connectivity index (χ4v) is 3.23. The first-order valence-corrected chi connectivity index (χ1v) is 9.28. The van der Waals surface area contributed by atoms with Crippen LogP contribution in [0.25, 0.3) is 10.9 Å². The predicted octanol–water partition coefficient (Wildman–Crippen LogP) is 3.14. The van der Waals surface area contributed by atoms with Crippen LogP contribution in [0.4, 0.5) is 0 Å². The summed E-state index contributed by atoms with van der Waals surface area (Å²) in [6.45, 7) is 1.83. The van der Waals surface area contributed by atoms with Crippen LogP contribution in [0, 0.1) is 0 Å². The minimum Gasteiger partial charge on any atom is -0.393 e. The summed E-state index contributed by atoms with van der Waals surface area (Å²) in [6, 6.07) is 6.41. The van der Waals surface area contributed by atoms with Crippen LogP contribution in [0.1, 0.15) is 18.9 Å². The molecule has 0 spiro atoms. The third-order valence-electron chi connectivity index (χ3n) is 2.56. The number of rotatable bonds is 4. The van der Waals surface area contributed by atoms with Gasteiger partial charge in [0, 0.05) is 5.39 Å². The molecule has 1 aromatic carbocycles. The van der Waals surface area contributed by atoms with Crippen LogP contribution >= 0.6 is 28.4 Å². The molecule has 0 bridgehead atoms. The maximum absolute atomic E-state index is 9.25. The zero-order valence-corrected chi connectivity index (χ0v) is 12.2. The van der Waals surface area contributed by atoms with Crippen molar-refractivity contribution in [1.29, 1.82) is 0 Å². The number of hydrogen-bond donors (Lipinski definition) is 1. The summed E-state index contributed by atoms with van der Waals surface area (Å²) in [5.41, 5.74) is 2.46. The standard InChI is InChI=1S/C11H14IN2OP/c1-8(15)2-3-9-4-5-11-10(6-9)7-13-14(11)16-12/h4-8,15-16H,2-3H2,1H3. The van der Waals surface area contributed by atoms with E-state index in [0.717, 1.165) is 12.8 Å². The summed E-state index contributed by atoms with van der Waals surface area (Å²) in [6.07, 6.45) is 4.05. The van der Waals surface area contributed by atoms with Crippen molar-refractivity contribution in [2.24, 2.45) is 0 Å². The van der Waals surface area contributed by atoms with Crippen molar-refractivity contribution in [3.8, 4) is 0 Å². The topological polar surface area (TPSA) is 38.1 Å². The van der Waals surface area contributed by atoms with Crippen molar-refractivity contribution in [3.05, 3.63) is 30.0 Å². The molecule has 0 radical (unpaired) electrons. The lowest BCUT2D eigenvalue weighted by atomic mass is 10.1. The molecule has 0 saturated carbocycles. The fraction of sp³-hybridized carbons (Fsp3) is 0.364. The SMILES string of the molecule is CC(O)CCc1ccc2c(cnn2PI)c1. The minimum absolute atomic E-state index is 0.228. The van der Waals surface area contributed by atoms with Gasteiger partial charge in [-0.1, -0.05) is 6.07 Å². The Morgan fingerprint density at radius 2 is 2.38 bits per heavy atom. The van der Waals surface area contributed by atoms with Crippen LogP contribution < -0.4 is 0 Å². The van der Waals surface area contributed by atoms with E-state index in [9.17, 15) is 5.11 Å². The van der Waals surface area contributed by atoms with Gasteiger partial charge in [-0.25, -0.2) is 4.45 Å². The van der Waals surface area contributed by atoms with E-state index in [1.807, 2.05) is 17.6 Å². The number of aliphatic hydroxyl groups excluding tert-OH is 1. The summed E-state index contributed by atoms with van der Waals surface area (Å²) < 4.78 is 2.01. The molecule has 2 unspecified atom stereocenters. The second kappa shape index (κ2) is 5.43. The van der Waals surface area contributed by atoms with Crippen molar-refractivity contribution in [1.82, 2.24) is 9.55 Å². The Bertz CT molecular complexity index is 484. The van der Waals surface area contributed by atoms with E-state index in [0.29, 0.717) is 6.37 Å². The van der Waals surface area contributed by atoms with Gasteiger partial charge in [0.15, 0.2) is 0 Å². The van der Waals surface area contributed by atoms with Crippen LogP contribution in [0.2, 0.25) is 0 Å². The number of hydrogen-bond acceptors (Lipinski definition) is 2. The highest BCUT2D eigenvalue weighted by Crippen LogP contribution is 2.28. The highest BCUT2D eigenvalue weighted by Gasteiger charge is 2.03. The lowest BCUT2D eigenvalue weighted by Crippen LogP contribution is -2.01. The molecule has 1 aromatic heterocycles. The Morgan fingerprint density at radius 3 is 3.06 bits per heavy atom. The second-order valence-electron chi connectivity index (χ2n) is 3.92. The van der Waals surface area contributed by atoms with Crippen molar-refractivity contribution in [3.63, 3.8) is 0 Å². The molecular formula is C11H14IN2OP. The molecule has 1 heterocycles. The molecule has 3 nitrogen and oxygen atoms in total. The van der Waals surface area contributed by atoms with Gasteiger partial charge < -0.3 is 5.11 Å². The van der Waals surface area contributed by atoms with Crippen molar-refractivity contribution < 1.29 is 5.11 Å². The number of nitrogens with zero attached hydrogens (tertiary/aromatic N) is 2. The summed E-state index contributed by atoms with van der Waals surface area (Å²) in [4.78, 5) is 0. The van der Waals surface area contributed by atoms with Crippen LogP contribution in [-0.4, -0.2) is 20.8 Å². The largest absolute Gasteiger partial charge is 0.393 e. The summed E-state index contributed by atoms with van der Waals surface area (Å²) in [7, 11) is 0. The average molecular weight is 348 g/mol. The van der Waals surface area contributed by atoms with Gasteiger partial charge in [-0.3, -0.25) is 0 Å². The van der Waals surface area contributed by atoms with Gasteiger partial charge in [-0.2, -0.15) is 5.10 Å². The molecular weight excluding hydrogens is 334 g/mol. The normalized spacial score (nSPS) is 13.9. The van der Waals surface area contributed by atoms with Crippen molar-refractivity contribution in [2.75, 3.05) is 0 Å². The average Bonchev–Trinajstić information content (AvgIpc) is 2.68. The smallest absolute Gasteiger partial charge is 0.0729 e. The zero-order chi connectivity index (χ0) is 11.5. The number of benzene rings is 1. The van der Waals surface area contributed by atoms with E-state index in [1.54, 1.807) is 0 Å². The number of aliphatic hydroxyl groups is 1. The minimum atomic E-state index is -0.228. The summed E-state index contributed by atoms with van der Waals surface area (Å²) in [5.74, 6) is 0. The zero-order valence-electron chi connectivity index (χ0n) is 9.02. The van der Waals surface area contributed by atoms with Gasteiger partial charge in [0.1, 0.15) is 0 Å². The highest BCUT2D eigenvalue weighted by molar-refractivity contribution is 14.2. The molecule has 0 fully saturated rings. The number of fused-ring (bicyclic) bond motifs is 1. The predicted molar refractivity (Wildman–Crippen MR) is 77.5 cm³/mol. The van der Waals surface area contributed by atoms with Gasteiger partial charge in [-0.05, 0) is 59.5 Å². The van der Waals surface area contributed by atoms with E-state index < -0.39 is 0 Å². The molecule has 2 atom stereocenters. The fourth-order valence-electron chi connectivity index (χ4n) is 1.68. The lowest BCUT2D eigenvalue weighted by molar-refractivity contribution is 0.185. The van der Waals surface area contributed by atoms with Crippen LogP contribution in [-0.2, 0) is 6.42 Å². The number of halogens is 1. The highest BCUT2D eigenvalue weighted by atomic mass is 127. The molecule has 5 heteroatoms. The molecule has 0 aliphatic rings. The van der Waals surface area contributed by atoms with Gasteiger partial charge in [0.2, 0.25) is 0 Å². The molecule has 16 heavy (non-hydrogen) atoms. The van der Waals surface area contributed by atoms with Crippen LogP contribution in [0.15, 0.2) is 24.4 Å². The molecule has 0 saturated heterocycles. The third kappa shape index (κ3) is 2.73. The number of aromatic nitrogens is 2. The summed E-state index contributed by atoms with van der Waals surface area (Å²) in [5, 5.41) is 14.8. The van der Waals surface area contributed by atoms with Gasteiger partial charge in [0.05, 0.1) is 24.2 Å². The Morgan fingerprint density at radius 1 is 1.56 bits per heavy atom.